The van der Waals surface area contributed by atoms with Crippen LogP contribution in [0.4, 0.5) is 5.69 Å². The number of hydrogen-bond acceptors (Lipinski definition) is 5. The van der Waals surface area contributed by atoms with Crippen LogP contribution in [0.15, 0.2) is 60.8 Å². The number of halogens is 1. The van der Waals surface area contributed by atoms with Crippen molar-refractivity contribution in [3.63, 3.8) is 0 Å². The highest BCUT2D eigenvalue weighted by Crippen LogP contribution is 2.37. The summed E-state index contributed by atoms with van der Waals surface area (Å²) in [7, 11) is 0. The van der Waals surface area contributed by atoms with Gasteiger partial charge in [-0.1, -0.05) is 41.9 Å². The van der Waals surface area contributed by atoms with Crippen LogP contribution in [-0.4, -0.2) is 42.5 Å². The highest BCUT2D eigenvalue weighted by molar-refractivity contribution is 6.33. The molecule has 1 aromatic heterocycles. The lowest BCUT2D eigenvalue weighted by molar-refractivity contribution is 0.201. The van der Waals surface area contributed by atoms with Crippen molar-refractivity contribution in [3.8, 4) is 22.8 Å². The van der Waals surface area contributed by atoms with Gasteiger partial charge in [0.05, 0.1) is 18.8 Å². The van der Waals surface area contributed by atoms with Gasteiger partial charge in [0.1, 0.15) is 18.5 Å². The molecule has 2 heterocycles. The van der Waals surface area contributed by atoms with Crippen LogP contribution < -0.4 is 14.4 Å². The van der Waals surface area contributed by atoms with E-state index in [0.29, 0.717) is 10.9 Å². The lowest BCUT2D eigenvalue weighted by atomic mass is 10.0. The highest BCUT2D eigenvalue weighted by atomic mass is 35.5. The van der Waals surface area contributed by atoms with E-state index in [9.17, 15) is 5.11 Å². The molecule has 0 spiro atoms. The van der Waals surface area contributed by atoms with E-state index in [1.54, 1.807) is 0 Å². The second-order valence-electron chi connectivity index (χ2n) is 7.38. The van der Waals surface area contributed by atoms with Gasteiger partial charge in [-0.15, -0.1) is 0 Å². The summed E-state index contributed by atoms with van der Waals surface area (Å²) in [6.45, 7) is 3.81. The van der Waals surface area contributed by atoms with Gasteiger partial charge >= 0.3 is 0 Å². The fraction of sp³-hybridized carbons (Fsp3) is 0.292. The number of benzene rings is 2. The molecule has 4 rings (SSSR count). The van der Waals surface area contributed by atoms with Crippen LogP contribution in [0.5, 0.6) is 11.6 Å². The first kappa shape index (κ1) is 20.5. The average Bonchev–Trinajstić information content (AvgIpc) is 3.22. The summed E-state index contributed by atoms with van der Waals surface area (Å²) in [6.07, 6.45) is 2.78. The molecule has 6 heteroatoms. The number of pyridine rings is 1. The molecule has 1 saturated heterocycles. The predicted molar refractivity (Wildman–Crippen MR) is 120 cm³/mol. The van der Waals surface area contributed by atoms with Crippen molar-refractivity contribution in [2.24, 2.45) is 0 Å². The molecule has 0 saturated carbocycles. The van der Waals surface area contributed by atoms with Crippen molar-refractivity contribution < 1.29 is 14.6 Å². The normalized spacial score (nSPS) is 16.0. The average molecular weight is 425 g/mol. The second kappa shape index (κ2) is 9.37. The molecule has 1 aliphatic heterocycles. The summed E-state index contributed by atoms with van der Waals surface area (Å²) < 4.78 is 11.9. The Morgan fingerprint density at radius 2 is 2.03 bits per heavy atom. The fourth-order valence-corrected chi connectivity index (χ4v) is 3.89. The number of aliphatic hydroxyl groups is 1. The summed E-state index contributed by atoms with van der Waals surface area (Å²) in [6, 6.07) is 17.7. The topological polar surface area (TPSA) is 54.8 Å². The number of aromatic nitrogens is 1. The van der Waals surface area contributed by atoms with Gasteiger partial charge in [0.25, 0.3) is 0 Å². The largest absolute Gasteiger partial charge is 0.489 e. The predicted octanol–water partition coefficient (Wildman–Crippen LogP) is 4.74. The fourth-order valence-electron chi connectivity index (χ4n) is 3.65. The van der Waals surface area contributed by atoms with Gasteiger partial charge in [-0.3, -0.25) is 0 Å². The molecular weight excluding hydrogens is 400 g/mol. The minimum atomic E-state index is -0.0411. The number of aliphatic hydroxyl groups excluding tert-OH is 1. The van der Waals surface area contributed by atoms with Crippen LogP contribution in [0.2, 0.25) is 5.02 Å². The van der Waals surface area contributed by atoms with E-state index >= 15 is 0 Å². The van der Waals surface area contributed by atoms with E-state index in [-0.39, 0.29) is 19.3 Å². The highest BCUT2D eigenvalue weighted by Gasteiger charge is 2.27. The molecule has 1 atom stereocenters. The Labute approximate surface area is 181 Å². The summed E-state index contributed by atoms with van der Waals surface area (Å²) in [5.74, 6) is 1.38. The molecule has 1 aliphatic rings. The molecule has 30 heavy (non-hydrogen) atoms. The Morgan fingerprint density at radius 3 is 2.80 bits per heavy atom. The standard InChI is InChI=1S/C24H25ClN2O3/c1-17-6-9-24(26-15-17)30-19-10-11-27(16-19)22-8-7-18(14-23(22)29-13-12-28)20-4-2-3-5-21(20)25/h2-9,14-15,19,28H,10-13,16H2,1H3/t19-/m0/s1. The molecule has 0 amide bonds. The zero-order chi connectivity index (χ0) is 20.9. The van der Waals surface area contributed by atoms with Crippen LogP contribution >= 0.6 is 11.6 Å². The van der Waals surface area contributed by atoms with Crippen LogP contribution in [0.3, 0.4) is 0 Å². The molecule has 2 aromatic carbocycles. The van der Waals surface area contributed by atoms with Gasteiger partial charge in [-0.05, 0) is 36.2 Å². The zero-order valence-corrected chi connectivity index (χ0v) is 17.7. The molecule has 3 aromatic rings. The quantitative estimate of drug-likeness (QED) is 0.593. The van der Waals surface area contributed by atoms with Crippen molar-refractivity contribution >= 4 is 17.3 Å². The first-order chi connectivity index (χ1) is 14.6. The molecule has 156 valence electrons. The zero-order valence-electron chi connectivity index (χ0n) is 16.9. The first-order valence-corrected chi connectivity index (χ1v) is 10.5. The molecule has 1 fully saturated rings. The summed E-state index contributed by atoms with van der Waals surface area (Å²) >= 11 is 6.37. The smallest absolute Gasteiger partial charge is 0.213 e. The van der Waals surface area contributed by atoms with Gasteiger partial charge in [0, 0.05) is 35.8 Å². The second-order valence-corrected chi connectivity index (χ2v) is 7.79. The molecule has 0 aliphatic carbocycles. The Bertz CT molecular complexity index is 994. The molecule has 1 N–H and O–H groups in total. The number of anilines is 1. The number of ether oxygens (including phenoxy) is 2. The van der Waals surface area contributed by atoms with Gasteiger partial charge in [-0.25, -0.2) is 4.98 Å². The van der Waals surface area contributed by atoms with Crippen molar-refractivity contribution in [3.05, 3.63) is 71.4 Å². The number of hydrogen-bond donors (Lipinski definition) is 1. The monoisotopic (exact) mass is 424 g/mol. The number of rotatable bonds is 7. The van der Waals surface area contributed by atoms with Crippen molar-refractivity contribution in [1.29, 1.82) is 0 Å². The lowest BCUT2D eigenvalue weighted by Crippen LogP contribution is -2.25. The van der Waals surface area contributed by atoms with E-state index in [1.165, 1.54) is 0 Å². The number of aryl methyl sites for hydroxylation is 1. The SMILES string of the molecule is Cc1ccc(O[C@H]2CCN(c3ccc(-c4ccccc4Cl)cc3OCCO)C2)nc1. The van der Waals surface area contributed by atoms with Crippen LogP contribution in [0, 0.1) is 6.92 Å². The van der Waals surface area contributed by atoms with Gasteiger partial charge < -0.3 is 19.5 Å². The Kier molecular flexibility index (Phi) is 6.41. The Balaban J connectivity index is 1.54. The van der Waals surface area contributed by atoms with Crippen molar-refractivity contribution in [2.75, 3.05) is 31.2 Å². The molecule has 0 bridgehead atoms. The first-order valence-electron chi connectivity index (χ1n) is 10.1. The van der Waals surface area contributed by atoms with E-state index in [4.69, 9.17) is 21.1 Å². The van der Waals surface area contributed by atoms with E-state index in [1.807, 2.05) is 55.6 Å². The third-order valence-corrected chi connectivity index (χ3v) is 5.48. The van der Waals surface area contributed by atoms with Crippen molar-refractivity contribution in [2.45, 2.75) is 19.4 Å². The van der Waals surface area contributed by atoms with E-state index in [2.05, 4.69) is 22.0 Å². The van der Waals surface area contributed by atoms with Gasteiger partial charge in [0.15, 0.2) is 0 Å². The Hall–Kier alpha value is -2.76. The van der Waals surface area contributed by atoms with E-state index in [0.717, 1.165) is 47.6 Å². The maximum Gasteiger partial charge on any atom is 0.213 e. The maximum atomic E-state index is 9.25. The van der Waals surface area contributed by atoms with E-state index < -0.39 is 0 Å². The van der Waals surface area contributed by atoms with Gasteiger partial charge in [-0.2, -0.15) is 0 Å². The Morgan fingerprint density at radius 1 is 1.17 bits per heavy atom. The molecule has 5 nitrogen and oxygen atoms in total. The number of nitrogens with zero attached hydrogens (tertiary/aromatic N) is 2. The molecule has 0 radical (unpaired) electrons. The lowest BCUT2D eigenvalue weighted by Gasteiger charge is -2.23. The van der Waals surface area contributed by atoms with Crippen LogP contribution in [-0.2, 0) is 0 Å². The third-order valence-electron chi connectivity index (χ3n) is 5.15. The van der Waals surface area contributed by atoms with Crippen LogP contribution in [0.25, 0.3) is 11.1 Å². The third kappa shape index (κ3) is 4.69. The van der Waals surface area contributed by atoms with Crippen molar-refractivity contribution in [1.82, 2.24) is 4.98 Å². The van der Waals surface area contributed by atoms with Crippen LogP contribution in [0.1, 0.15) is 12.0 Å². The summed E-state index contributed by atoms with van der Waals surface area (Å²) in [5, 5.41) is 9.95. The molecular formula is C24H25ClN2O3. The maximum absolute atomic E-state index is 9.25. The van der Waals surface area contributed by atoms with Gasteiger partial charge in [0.2, 0.25) is 5.88 Å². The summed E-state index contributed by atoms with van der Waals surface area (Å²) in [5.41, 5.74) is 4.03. The minimum absolute atomic E-state index is 0.0411. The minimum Gasteiger partial charge on any atom is -0.489 e. The summed E-state index contributed by atoms with van der Waals surface area (Å²) in [4.78, 5) is 6.60. The molecule has 0 unspecified atom stereocenters.